The number of benzene rings is 1. The lowest BCUT2D eigenvalue weighted by Crippen LogP contribution is -2.58. The molecule has 2 fully saturated rings. The van der Waals surface area contributed by atoms with E-state index in [1.54, 1.807) is 0 Å². The molecule has 0 radical (unpaired) electrons. The Hall–Kier alpha value is -2.08. The van der Waals surface area contributed by atoms with E-state index in [0.29, 0.717) is 11.8 Å². The lowest BCUT2D eigenvalue weighted by atomic mass is 9.79. The van der Waals surface area contributed by atoms with E-state index in [0.717, 1.165) is 45.3 Å². The molecular formula is C22H33N3O3. The van der Waals surface area contributed by atoms with Gasteiger partial charge in [0.1, 0.15) is 0 Å². The van der Waals surface area contributed by atoms with Crippen molar-refractivity contribution in [1.29, 1.82) is 0 Å². The van der Waals surface area contributed by atoms with E-state index >= 15 is 0 Å². The summed E-state index contributed by atoms with van der Waals surface area (Å²) in [5.74, 6) is 0.223. The Morgan fingerprint density at radius 2 is 1.93 bits per heavy atom. The Kier molecular flexibility index (Phi) is 6.94. The van der Waals surface area contributed by atoms with E-state index in [9.17, 15) is 9.59 Å². The minimum atomic E-state index is -0.791. The first-order valence-corrected chi connectivity index (χ1v) is 10.6. The van der Waals surface area contributed by atoms with Crippen molar-refractivity contribution in [3.05, 3.63) is 35.9 Å². The summed E-state index contributed by atoms with van der Waals surface area (Å²) in [4.78, 5) is 27.6. The first kappa shape index (κ1) is 20.6. The zero-order chi connectivity index (χ0) is 20.1. The number of carboxylic acids is 1. The van der Waals surface area contributed by atoms with Gasteiger partial charge in [0.2, 0.25) is 0 Å². The number of hydrogen-bond acceptors (Lipinski definition) is 3. The minimum absolute atomic E-state index is 0.0368. The summed E-state index contributed by atoms with van der Waals surface area (Å²) in [6.45, 7) is 6.59. The van der Waals surface area contributed by atoms with Crippen molar-refractivity contribution in [3.8, 4) is 0 Å². The second-order valence-electron chi connectivity index (χ2n) is 8.15. The van der Waals surface area contributed by atoms with Gasteiger partial charge in [-0.2, -0.15) is 0 Å². The van der Waals surface area contributed by atoms with E-state index in [-0.39, 0.29) is 24.7 Å². The highest BCUT2D eigenvalue weighted by Crippen LogP contribution is 2.35. The predicted molar refractivity (Wildman–Crippen MR) is 109 cm³/mol. The number of amides is 2. The molecule has 3 rings (SSSR count). The average Bonchev–Trinajstić information content (AvgIpc) is 2.68. The molecule has 1 saturated heterocycles. The highest BCUT2D eigenvalue weighted by molar-refractivity contribution is 5.75. The van der Waals surface area contributed by atoms with Gasteiger partial charge < -0.3 is 15.3 Å². The van der Waals surface area contributed by atoms with Crippen LogP contribution in [0.3, 0.4) is 0 Å². The molecule has 1 heterocycles. The monoisotopic (exact) mass is 387 g/mol. The molecule has 1 saturated carbocycles. The van der Waals surface area contributed by atoms with Crippen LogP contribution in [-0.4, -0.2) is 65.2 Å². The van der Waals surface area contributed by atoms with Crippen molar-refractivity contribution in [1.82, 2.24) is 15.1 Å². The molecule has 2 N–H and O–H groups in total. The number of hydrogen-bond donors (Lipinski definition) is 2. The summed E-state index contributed by atoms with van der Waals surface area (Å²) in [5.41, 5.74) is 1.38. The fraction of sp³-hybridized carbons (Fsp3) is 0.636. The van der Waals surface area contributed by atoms with Crippen molar-refractivity contribution < 1.29 is 14.7 Å². The van der Waals surface area contributed by atoms with Gasteiger partial charge in [0, 0.05) is 25.2 Å². The number of nitrogens with zero attached hydrogens (tertiary/aromatic N) is 2. The molecule has 6 heteroatoms. The number of likely N-dealkylation sites (N-methyl/N-ethyl adjacent to an activating group) is 1. The second kappa shape index (κ2) is 9.41. The SMILES string of the molecule is CCC1CN(C(=O)NC2CC(N(CC)CC(=O)O)C2)CCC1c1ccccc1. The first-order valence-electron chi connectivity index (χ1n) is 10.6. The van der Waals surface area contributed by atoms with Crippen molar-refractivity contribution in [2.75, 3.05) is 26.2 Å². The van der Waals surface area contributed by atoms with Gasteiger partial charge in [-0.3, -0.25) is 9.69 Å². The largest absolute Gasteiger partial charge is 0.480 e. The quantitative estimate of drug-likeness (QED) is 0.754. The van der Waals surface area contributed by atoms with Crippen LogP contribution in [-0.2, 0) is 4.79 Å². The molecule has 0 spiro atoms. The molecule has 2 unspecified atom stereocenters. The van der Waals surface area contributed by atoms with Gasteiger partial charge in [0.15, 0.2) is 0 Å². The highest BCUT2D eigenvalue weighted by atomic mass is 16.4. The third kappa shape index (κ3) is 4.85. The van der Waals surface area contributed by atoms with Crippen molar-refractivity contribution in [3.63, 3.8) is 0 Å². The maximum absolute atomic E-state index is 12.7. The number of aliphatic carboxylic acids is 1. The molecule has 2 atom stereocenters. The Balaban J connectivity index is 1.48. The fourth-order valence-corrected chi connectivity index (χ4v) is 4.71. The molecule has 2 aliphatic rings. The molecule has 1 aliphatic heterocycles. The zero-order valence-corrected chi connectivity index (χ0v) is 17.0. The molecule has 1 aliphatic carbocycles. The lowest BCUT2D eigenvalue weighted by Gasteiger charge is -2.44. The predicted octanol–water partition coefficient (Wildman–Crippen LogP) is 3.15. The van der Waals surface area contributed by atoms with Crippen LogP contribution in [0.2, 0.25) is 0 Å². The van der Waals surface area contributed by atoms with Crippen LogP contribution in [0.4, 0.5) is 4.79 Å². The number of nitrogens with one attached hydrogen (secondary N) is 1. The third-order valence-corrected chi connectivity index (χ3v) is 6.47. The van der Waals surface area contributed by atoms with Gasteiger partial charge in [-0.05, 0) is 43.2 Å². The smallest absolute Gasteiger partial charge is 0.317 e. The van der Waals surface area contributed by atoms with Gasteiger partial charge in [-0.25, -0.2) is 4.79 Å². The molecule has 0 bridgehead atoms. The summed E-state index contributed by atoms with van der Waals surface area (Å²) >= 11 is 0. The Morgan fingerprint density at radius 3 is 2.54 bits per heavy atom. The van der Waals surface area contributed by atoms with Crippen LogP contribution in [0.1, 0.15) is 51.0 Å². The summed E-state index contributed by atoms with van der Waals surface area (Å²) in [6, 6.07) is 11.1. The van der Waals surface area contributed by atoms with E-state index < -0.39 is 5.97 Å². The first-order chi connectivity index (χ1) is 13.5. The van der Waals surface area contributed by atoms with Crippen molar-refractivity contribution >= 4 is 12.0 Å². The maximum atomic E-state index is 12.7. The van der Waals surface area contributed by atoms with E-state index in [1.807, 2.05) is 16.7 Å². The Morgan fingerprint density at radius 1 is 1.21 bits per heavy atom. The summed E-state index contributed by atoms with van der Waals surface area (Å²) in [7, 11) is 0. The topological polar surface area (TPSA) is 72.9 Å². The molecule has 1 aromatic carbocycles. The number of carbonyl (C=O) groups is 2. The van der Waals surface area contributed by atoms with Gasteiger partial charge in [0.25, 0.3) is 0 Å². The molecule has 0 aromatic heterocycles. The second-order valence-corrected chi connectivity index (χ2v) is 8.15. The van der Waals surface area contributed by atoms with E-state index in [2.05, 4.69) is 42.6 Å². The molecular weight excluding hydrogens is 354 g/mol. The van der Waals surface area contributed by atoms with Crippen LogP contribution in [0, 0.1) is 5.92 Å². The maximum Gasteiger partial charge on any atom is 0.317 e. The molecule has 154 valence electrons. The summed E-state index contributed by atoms with van der Waals surface area (Å²) in [5, 5.41) is 12.2. The number of carbonyl (C=O) groups excluding carboxylic acids is 1. The lowest BCUT2D eigenvalue weighted by molar-refractivity contribution is -0.139. The van der Waals surface area contributed by atoms with Crippen LogP contribution < -0.4 is 5.32 Å². The van der Waals surface area contributed by atoms with Crippen molar-refractivity contribution in [2.45, 2.75) is 57.5 Å². The number of carboxylic acid groups (broad SMARTS) is 1. The van der Waals surface area contributed by atoms with Crippen LogP contribution in [0.15, 0.2) is 30.3 Å². The van der Waals surface area contributed by atoms with Crippen molar-refractivity contribution in [2.24, 2.45) is 5.92 Å². The molecule has 2 amide bonds. The van der Waals surface area contributed by atoms with E-state index in [1.165, 1.54) is 5.56 Å². The fourth-order valence-electron chi connectivity index (χ4n) is 4.71. The minimum Gasteiger partial charge on any atom is -0.480 e. The van der Waals surface area contributed by atoms with Crippen LogP contribution in [0.5, 0.6) is 0 Å². The molecule has 28 heavy (non-hydrogen) atoms. The number of rotatable bonds is 7. The standard InChI is InChI=1S/C22H33N3O3/c1-3-16-14-25(11-10-20(16)17-8-6-5-7-9-17)22(28)23-18-12-19(13-18)24(4-2)15-21(26)27/h5-9,16,18-20H,3-4,10-15H2,1-2H3,(H,23,28)(H,26,27). The summed E-state index contributed by atoms with van der Waals surface area (Å²) in [6.07, 6.45) is 3.75. The van der Waals surface area contributed by atoms with Crippen LogP contribution >= 0.6 is 0 Å². The molecule has 1 aromatic rings. The summed E-state index contributed by atoms with van der Waals surface area (Å²) < 4.78 is 0. The average molecular weight is 388 g/mol. The zero-order valence-electron chi connectivity index (χ0n) is 17.0. The Bertz CT molecular complexity index is 660. The van der Waals surface area contributed by atoms with Crippen LogP contribution in [0.25, 0.3) is 0 Å². The van der Waals surface area contributed by atoms with Gasteiger partial charge in [-0.15, -0.1) is 0 Å². The number of piperidine rings is 1. The van der Waals surface area contributed by atoms with Gasteiger partial charge >= 0.3 is 12.0 Å². The van der Waals surface area contributed by atoms with Gasteiger partial charge in [0.05, 0.1) is 6.54 Å². The van der Waals surface area contributed by atoms with Gasteiger partial charge in [-0.1, -0.05) is 50.6 Å². The van der Waals surface area contributed by atoms with E-state index in [4.69, 9.17) is 5.11 Å². The highest BCUT2D eigenvalue weighted by Gasteiger charge is 2.37. The third-order valence-electron chi connectivity index (χ3n) is 6.47. The molecule has 6 nitrogen and oxygen atoms in total. The number of likely N-dealkylation sites (tertiary alicyclic amines) is 1. The normalized spacial score (nSPS) is 27.3. The Labute approximate surface area is 167 Å². The number of urea groups is 1.